The Morgan fingerprint density at radius 3 is 2.24 bits per heavy atom. The highest BCUT2D eigenvalue weighted by Crippen LogP contribution is 2.43. The van der Waals surface area contributed by atoms with Crippen LogP contribution in [0.3, 0.4) is 0 Å². The van der Waals surface area contributed by atoms with Gasteiger partial charge in [-0.1, -0.05) is 54.6 Å². The average molecular weight is 511 g/mol. The number of hydrogen-bond donors (Lipinski definition) is 3. The molecule has 4 aliphatic heterocycles. The van der Waals surface area contributed by atoms with E-state index in [0.717, 1.165) is 31.5 Å². The largest absolute Gasteiger partial charge is 0.479 e. The Labute approximate surface area is 214 Å². The lowest BCUT2D eigenvalue weighted by Crippen LogP contribution is -2.60. The maximum atomic E-state index is 13.8. The Kier molecular flexibility index (Phi) is 6.89. The number of aliphatic hydroxyl groups is 2. The third-order valence-corrected chi connectivity index (χ3v) is 7.64. The Morgan fingerprint density at radius 1 is 0.919 bits per heavy atom. The van der Waals surface area contributed by atoms with Crippen LogP contribution in [0.25, 0.3) is 0 Å². The number of piperidine rings is 3. The van der Waals surface area contributed by atoms with E-state index in [4.69, 9.17) is 14.6 Å². The zero-order valence-electron chi connectivity index (χ0n) is 20.2. The zero-order valence-corrected chi connectivity index (χ0v) is 20.2. The van der Waals surface area contributed by atoms with Gasteiger partial charge in [0.25, 0.3) is 0 Å². The Bertz CT molecular complexity index is 1170. The minimum absolute atomic E-state index is 0.150. The van der Waals surface area contributed by atoms with Crippen LogP contribution in [0.15, 0.2) is 54.6 Å². The van der Waals surface area contributed by atoms with Crippen LogP contribution in [0.2, 0.25) is 0 Å². The lowest BCUT2D eigenvalue weighted by Gasteiger charge is -2.48. The summed E-state index contributed by atoms with van der Waals surface area (Å²) in [4.78, 5) is 41.8. The summed E-state index contributed by atoms with van der Waals surface area (Å²) in [6.07, 6.45) is -3.37. The minimum atomic E-state index is -2.40. The molecule has 0 aliphatic carbocycles. The van der Waals surface area contributed by atoms with Crippen LogP contribution in [0.5, 0.6) is 0 Å². The van der Waals surface area contributed by atoms with Crippen molar-refractivity contribution in [1.29, 1.82) is 0 Å². The smallest absolute Gasteiger partial charge is 0.413 e. The molecule has 3 unspecified atom stereocenters. The molecule has 4 aliphatic rings. The van der Waals surface area contributed by atoms with Gasteiger partial charge in [-0.15, -0.1) is 0 Å². The lowest BCUT2D eigenvalue weighted by molar-refractivity contribution is -0.195. The van der Waals surface area contributed by atoms with E-state index in [1.165, 1.54) is 4.90 Å². The lowest BCUT2D eigenvalue weighted by atomic mass is 9.84. The summed E-state index contributed by atoms with van der Waals surface area (Å²) in [5, 5.41) is 29.3. The normalized spacial score (nSPS) is 28.1. The fraction of sp³-hybridized carbons (Fsp3) is 0.444. The van der Waals surface area contributed by atoms with E-state index >= 15 is 0 Å². The van der Waals surface area contributed by atoms with Gasteiger partial charge in [0.1, 0.15) is 6.10 Å². The molecule has 3 N–H and O–H groups in total. The van der Waals surface area contributed by atoms with Crippen molar-refractivity contribution in [1.82, 2.24) is 9.80 Å². The van der Waals surface area contributed by atoms with E-state index in [1.54, 1.807) is 42.5 Å². The second-order valence-corrected chi connectivity index (χ2v) is 9.78. The first kappa shape index (κ1) is 25.2. The van der Waals surface area contributed by atoms with E-state index in [9.17, 15) is 24.6 Å². The number of ether oxygens (including phenoxy) is 2. The number of hydrogen-bond acceptors (Lipinski definition) is 8. The topological polar surface area (TPSA) is 137 Å². The van der Waals surface area contributed by atoms with Crippen molar-refractivity contribution < 1.29 is 39.2 Å². The second kappa shape index (κ2) is 10.1. The van der Waals surface area contributed by atoms with Gasteiger partial charge in [0.2, 0.25) is 5.72 Å². The maximum Gasteiger partial charge on any atom is 0.413 e. The molecule has 0 aromatic heterocycles. The van der Waals surface area contributed by atoms with Crippen molar-refractivity contribution in [2.45, 2.75) is 43.3 Å². The van der Waals surface area contributed by atoms with Gasteiger partial charge >= 0.3 is 18.0 Å². The molecule has 0 spiro atoms. The highest BCUT2D eigenvalue weighted by atomic mass is 16.6. The first-order chi connectivity index (χ1) is 17.8. The van der Waals surface area contributed by atoms with E-state index in [2.05, 4.69) is 4.90 Å². The number of carbonyl (C=O) groups is 3. The number of esters is 1. The number of benzene rings is 2. The van der Waals surface area contributed by atoms with E-state index in [1.807, 2.05) is 12.1 Å². The van der Waals surface area contributed by atoms with Gasteiger partial charge in [-0.2, -0.15) is 0 Å². The number of aliphatic hydroxyl groups excluding tert-OH is 2. The van der Waals surface area contributed by atoms with Gasteiger partial charge < -0.3 is 24.8 Å². The molecule has 10 heteroatoms. The fourth-order valence-electron chi connectivity index (χ4n) is 5.68. The van der Waals surface area contributed by atoms with Crippen LogP contribution in [0.1, 0.15) is 29.5 Å². The van der Waals surface area contributed by atoms with Gasteiger partial charge in [0, 0.05) is 24.2 Å². The highest BCUT2D eigenvalue weighted by molar-refractivity contribution is 5.85. The van der Waals surface area contributed by atoms with Gasteiger partial charge in [-0.3, -0.25) is 9.80 Å². The van der Waals surface area contributed by atoms with Gasteiger partial charge in [0.05, 0.1) is 0 Å². The summed E-state index contributed by atoms with van der Waals surface area (Å²) in [6.45, 7) is 2.75. The molecule has 3 saturated heterocycles. The van der Waals surface area contributed by atoms with Crippen LogP contribution in [0.4, 0.5) is 4.79 Å². The number of nitrogens with zero attached hydrogens (tertiary/aromatic N) is 2. The molecule has 0 saturated carbocycles. The quantitative estimate of drug-likeness (QED) is 0.492. The molecule has 2 bridgehead atoms. The van der Waals surface area contributed by atoms with Crippen molar-refractivity contribution >= 4 is 18.0 Å². The minimum Gasteiger partial charge on any atom is -0.479 e. The van der Waals surface area contributed by atoms with Crippen LogP contribution < -0.4 is 0 Å². The predicted octanol–water partition coefficient (Wildman–Crippen LogP) is 1.33. The van der Waals surface area contributed by atoms with Crippen molar-refractivity contribution in [3.8, 4) is 0 Å². The Balaban J connectivity index is 1.57. The fourth-order valence-corrected chi connectivity index (χ4v) is 5.68. The Morgan fingerprint density at radius 2 is 1.59 bits per heavy atom. The maximum absolute atomic E-state index is 13.8. The van der Waals surface area contributed by atoms with E-state index in [-0.39, 0.29) is 18.6 Å². The number of carbonyl (C=O) groups excluding carboxylic acids is 2. The molecule has 10 nitrogen and oxygen atoms in total. The van der Waals surface area contributed by atoms with Gasteiger partial charge in [-0.25, -0.2) is 14.4 Å². The predicted molar refractivity (Wildman–Crippen MR) is 129 cm³/mol. The molecule has 6 rings (SSSR count). The van der Waals surface area contributed by atoms with Crippen molar-refractivity contribution in [3.63, 3.8) is 0 Å². The van der Waals surface area contributed by atoms with Gasteiger partial charge in [-0.05, 0) is 43.8 Å². The molecule has 4 heterocycles. The molecule has 37 heavy (non-hydrogen) atoms. The summed E-state index contributed by atoms with van der Waals surface area (Å²) in [5.74, 6) is -2.90. The summed E-state index contributed by atoms with van der Waals surface area (Å²) in [6, 6.07) is 15.8. The molecule has 2 aromatic rings. The molecule has 2 aromatic carbocycles. The molecular weight excluding hydrogens is 480 g/mol. The van der Waals surface area contributed by atoms with Crippen molar-refractivity contribution in [2.24, 2.45) is 5.92 Å². The molecule has 0 radical (unpaired) electrons. The van der Waals surface area contributed by atoms with Crippen molar-refractivity contribution in [3.05, 3.63) is 71.3 Å². The molecule has 1 amide bonds. The van der Waals surface area contributed by atoms with Crippen molar-refractivity contribution in [2.75, 3.05) is 26.2 Å². The Hall–Kier alpha value is -3.47. The molecule has 3 fully saturated rings. The number of carboxylic acid groups (broad SMARTS) is 1. The third kappa shape index (κ3) is 4.56. The SMILES string of the molecule is O=C(O)C(O)C(O)C(=O)OC1(c2ccccc2)c2ccccc2CCN1C(=O)O[C@@H]1CN2CCC1CC2. The number of fused-ring (bicyclic) bond motifs is 4. The zero-order chi connectivity index (χ0) is 26.2. The highest BCUT2D eigenvalue weighted by Gasteiger charge is 2.53. The standard InChI is InChI=1S/C27H30N2O8/c30-22(24(32)33)23(31)25(34)37-27(19-7-2-1-3-8-19)20-9-5-4-6-17(20)12-15-29(27)26(35)36-21-16-28-13-10-18(21)11-14-28/h1-9,18,21-23,30-31H,10-16H2,(H,32,33)/t21-,22?,23?,27?/m1/s1. The van der Waals surface area contributed by atoms with Crippen LogP contribution in [-0.2, 0) is 31.2 Å². The van der Waals surface area contributed by atoms with E-state index < -0.39 is 36.0 Å². The summed E-state index contributed by atoms with van der Waals surface area (Å²) < 4.78 is 11.9. The summed E-state index contributed by atoms with van der Waals surface area (Å²) >= 11 is 0. The van der Waals surface area contributed by atoms with Gasteiger partial charge in [0.15, 0.2) is 12.2 Å². The second-order valence-electron chi connectivity index (χ2n) is 9.78. The number of aliphatic carboxylic acids is 1. The van der Waals surface area contributed by atoms with Crippen LogP contribution >= 0.6 is 0 Å². The van der Waals surface area contributed by atoms with Crippen LogP contribution in [0, 0.1) is 5.92 Å². The summed E-state index contributed by atoms with van der Waals surface area (Å²) in [7, 11) is 0. The summed E-state index contributed by atoms with van der Waals surface area (Å²) in [5.41, 5.74) is -0.126. The molecule has 4 atom stereocenters. The first-order valence-electron chi connectivity index (χ1n) is 12.5. The third-order valence-electron chi connectivity index (χ3n) is 7.64. The number of rotatable bonds is 6. The molecule has 196 valence electrons. The number of carboxylic acids is 1. The first-order valence-corrected chi connectivity index (χ1v) is 12.5. The molecular formula is C27H30N2O8. The number of amides is 1. The average Bonchev–Trinajstić information content (AvgIpc) is 2.93. The van der Waals surface area contributed by atoms with Crippen LogP contribution in [-0.4, -0.2) is 87.6 Å². The van der Waals surface area contributed by atoms with E-state index in [0.29, 0.717) is 24.1 Å². The monoisotopic (exact) mass is 510 g/mol.